The largest absolute Gasteiger partial charge is 0.481 e. The maximum absolute atomic E-state index is 10.6. The number of rotatable bonds is 5. The normalized spacial score (nSPS) is 9.94. The molecule has 0 saturated carbocycles. The monoisotopic (exact) mass is 253 g/mol. The SMILES string of the molecule is CCCC(=O)NS(C)(=O)=O.CCCC(=O)O. The minimum absolute atomic E-state index is 0.257. The number of carboxylic acid groups (broad SMARTS) is 1. The van der Waals surface area contributed by atoms with Crippen molar-refractivity contribution in [1.82, 2.24) is 4.72 Å². The van der Waals surface area contributed by atoms with Gasteiger partial charge in [-0.15, -0.1) is 0 Å². The van der Waals surface area contributed by atoms with E-state index in [1.807, 2.05) is 18.6 Å². The summed E-state index contributed by atoms with van der Waals surface area (Å²) in [5, 5.41) is 7.91. The highest BCUT2D eigenvalue weighted by molar-refractivity contribution is 7.89. The van der Waals surface area contributed by atoms with Crippen LogP contribution in [-0.2, 0) is 19.6 Å². The Hall–Kier alpha value is -1.11. The third kappa shape index (κ3) is 18.6. The van der Waals surface area contributed by atoms with Crippen LogP contribution in [0.1, 0.15) is 39.5 Å². The van der Waals surface area contributed by atoms with Crippen molar-refractivity contribution in [3.8, 4) is 0 Å². The Labute approximate surface area is 96.1 Å². The van der Waals surface area contributed by atoms with E-state index in [1.165, 1.54) is 0 Å². The molecule has 6 nitrogen and oxygen atoms in total. The molecule has 0 rings (SSSR count). The second-order valence-corrected chi connectivity index (χ2v) is 4.94. The number of aliphatic carboxylic acids is 1. The summed E-state index contributed by atoms with van der Waals surface area (Å²) in [6.07, 6.45) is 2.89. The van der Waals surface area contributed by atoms with Crippen LogP contribution in [0.5, 0.6) is 0 Å². The molecule has 1 amide bonds. The van der Waals surface area contributed by atoms with Gasteiger partial charge in [-0.3, -0.25) is 14.3 Å². The van der Waals surface area contributed by atoms with Crippen LogP contribution in [0.4, 0.5) is 0 Å². The molecule has 0 atom stereocenters. The van der Waals surface area contributed by atoms with E-state index in [0.29, 0.717) is 12.8 Å². The number of nitrogens with one attached hydrogen (secondary N) is 1. The highest BCUT2D eigenvalue weighted by atomic mass is 32.2. The van der Waals surface area contributed by atoms with E-state index in [9.17, 15) is 18.0 Å². The molecule has 0 heterocycles. The quantitative estimate of drug-likeness (QED) is 0.752. The molecule has 0 aliphatic heterocycles. The van der Waals surface area contributed by atoms with Crippen molar-refractivity contribution in [1.29, 1.82) is 0 Å². The van der Waals surface area contributed by atoms with E-state index < -0.39 is 21.9 Å². The van der Waals surface area contributed by atoms with Crippen molar-refractivity contribution in [2.45, 2.75) is 39.5 Å². The fraction of sp³-hybridized carbons (Fsp3) is 0.778. The van der Waals surface area contributed by atoms with Crippen molar-refractivity contribution in [3.05, 3.63) is 0 Å². The summed E-state index contributed by atoms with van der Waals surface area (Å²) < 4.78 is 22.6. The first-order valence-corrected chi connectivity index (χ1v) is 6.84. The van der Waals surface area contributed by atoms with Gasteiger partial charge in [0.25, 0.3) is 0 Å². The second-order valence-electron chi connectivity index (χ2n) is 3.19. The first kappa shape index (κ1) is 17.3. The smallest absolute Gasteiger partial charge is 0.303 e. The topological polar surface area (TPSA) is 101 Å². The Morgan fingerprint density at radius 3 is 1.75 bits per heavy atom. The molecule has 0 aliphatic rings. The van der Waals surface area contributed by atoms with Crippen molar-refractivity contribution in [2.24, 2.45) is 0 Å². The Morgan fingerprint density at radius 2 is 1.56 bits per heavy atom. The van der Waals surface area contributed by atoms with E-state index in [2.05, 4.69) is 0 Å². The van der Waals surface area contributed by atoms with Gasteiger partial charge in [0.05, 0.1) is 6.26 Å². The van der Waals surface area contributed by atoms with Crippen LogP contribution in [0.15, 0.2) is 0 Å². The summed E-state index contributed by atoms with van der Waals surface area (Å²) in [5.41, 5.74) is 0. The van der Waals surface area contributed by atoms with Crippen molar-refractivity contribution >= 4 is 21.9 Å². The molecule has 0 aromatic rings. The van der Waals surface area contributed by atoms with Gasteiger partial charge in [0, 0.05) is 12.8 Å². The summed E-state index contributed by atoms with van der Waals surface area (Å²) in [5.74, 6) is -1.15. The molecule has 0 radical (unpaired) electrons. The maximum Gasteiger partial charge on any atom is 0.303 e. The van der Waals surface area contributed by atoms with Crippen LogP contribution in [0.25, 0.3) is 0 Å². The van der Waals surface area contributed by atoms with Crippen LogP contribution in [0.2, 0.25) is 0 Å². The predicted molar refractivity (Wildman–Crippen MR) is 60.4 cm³/mol. The minimum Gasteiger partial charge on any atom is -0.481 e. The molecule has 96 valence electrons. The van der Waals surface area contributed by atoms with Crippen molar-refractivity contribution < 1.29 is 23.1 Å². The van der Waals surface area contributed by atoms with Gasteiger partial charge in [-0.05, 0) is 12.8 Å². The van der Waals surface area contributed by atoms with Crippen LogP contribution in [-0.4, -0.2) is 31.7 Å². The van der Waals surface area contributed by atoms with Crippen LogP contribution in [0, 0.1) is 0 Å². The van der Waals surface area contributed by atoms with E-state index in [-0.39, 0.29) is 6.42 Å². The van der Waals surface area contributed by atoms with E-state index in [1.54, 1.807) is 0 Å². The van der Waals surface area contributed by atoms with E-state index >= 15 is 0 Å². The van der Waals surface area contributed by atoms with Gasteiger partial charge in [0.1, 0.15) is 0 Å². The van der Waals surface area contributed by atoms with Gasteiger partial charge in [0.2, 0.25) is 15.9 Å². The van der Waals surface area contributed by atoms with Crippen molar-refractivity contribution in [3.63, 3.8) is 0 Å². The minimum atomic E-state index is -3.35. The van der Waals surface area contributed by atoms with Gasteiger partial charge >= 0.3 is 5.97 Å². The lowest BCUT2D eigenvalue weighted by Gasteiger charge is -1.98. The summed E-state index contributed by atoms with van der Waals surface area (Å²) >= 11 is 0. The van der Waals surface area contributed by atoms with Gasteiger partial charge in [-0.25, -0.2) is 8.42 Å². The van der Waals surface area contributed by atoms with Crippen LogP contribution < -0.4 is 4.72 Å². The van der Waals surface area contributed by atoms with Gasteiger partial charge in [0.15, 0.2) is 0 Å². The average Bonchev–Trinajstić information content (AvgIpc) is 2.01. The fourth-order valence-corrected chi connectivity index (χ4v) is 1.21. The standard InChI is InChI=1S/C5H11NO3S.C4H8O2/c1-3-4-5(7)6-10(2,8)9;1-2-3-4(5)6/h3-4H2,1-2H3,(H,6,7);2-3H2,1H3,(H,5,6). The number of carbonyl (C=O) groups excluding carboxylic acids is 1. The highest BCUT2D eigenvalue weighted by Gasteiger charge is 2.05. The number of hydrogen-bond donors (Lipinski definition) is 2. The molecule has 0 aromatic heterocycles. The number of hydrogen-bond acceptors (Lipinski definition) is 4. The summed E-state index contributed by atoms with van der Waals surface area (Å²) in [6.45, 7) is 3.65. The Bertz CT molecular complexity index is 310. The maximum atomic E-state index is 10.6. The lowest BCUT2D eigenvalue weighted by atomic mass is 10.3. The summed E-state index contributed by atoms with van der Waals surface area (Å²) in [7, 11) is -3.35. The lowest BCUT2D eigenvalue weighted by molar-refractivity contribution is -0.137. The number of carbonyl (C=O) groups is 2. The van der Waals surface area contributed by atoms with Gasteiger partial charge in [-0.1, -0.05) is 13.8 Å². The van der Waals surface area contributed by atoms with Crippen LogP contribution >= 0.6 is 0 Å². The molecule has 0 spiro atoms. The average molecular weight is 253 g/mol. The Morgan fingerprint density at radius 1 is 1.12 bits per heavy atom. The summed E-state index contributed by atoms with van der Waals surface area (Å²) in [4.78, 5) is 20.2. The van der Waals surface area contributed by atoms with Crippen LogP contribution in [0.3, 0.4) is 0 Å². The molecule has 0 aliphatic carbocycles. The molecule has 0 saturated heterocycles. The summed E-state index contributed by atoms with van der Waals surface area (Å²) in [6, 6.07) is 0. The number of amides is 1. The third-order valence-electron chi connectivity index (χ3n) is 1.24. The second kappa shape index (κ2) is 9.14. The lowest BCUT2D eigenvalue weighted by Crippen LogP contribution is -2.28. The molecule has 0 fully saturated rings. The molecule has 0 bridgehead atoms. The molecule has 2 N–H and O–H groups in total. The molecule has 0 unspecified atom stereocenters. The zero-order valence-electron chi connectivity index (χ0n) is 9.82. The predicted octanol–water partition coefficient (Wildman–Crippen LogP) is 0.733. The Kier molecular flexibility index (Phi) is 9.88. The van der Waals surface area contributed by atoms with Gasteiger partial charge < -0.3 is 5.11 Å². The zero-order valence-corrected chi connectivity index (χ0v) is 10.6. The molecule has 0 aromatic carbocycles. The van der Waals surface area contributed by atoms with Crippen molar-refractivity contribution in [2.75, 3.05) is 6.26 Å². The van der Waals surface area contributed by atoms with E-state index in [4.69, 9.17) is 5.11 Å². The Balaban J connectivity index is 0. The zero-order chi connectivity index (χ0) is 13.2. The third-order valence-corrected chi connectivity index (χ3v) is 1.84. The van der Waals surface area contributed by atoms with E-state index in [0.717, 1.165) is 12.7 Å². The molecular weight excluding hydrogens is 234 g/mol. The van der Waals surface area contributed by atoms with Gasteiger partial charge in [-0.2, -0.15) is 0 Å². The number of sulfonamides is 1. The molecule has 16 heavy (non-hydrogen) atoms. The first-order chi connectivity index (χ1) is 7.22. The number of carboxylic acids is 1. The highest BCUT2D eigenvalue weighted by Crippen LogP contribution is 1.86. The molecular formula is C9H19NO5S. The molecule has 7 heteroatoms. The first-order valence-electron chi connectivity index (χ1n) is 4.95. The fourth-order valence-electron chi connectivity index (χ4n) is 0.699.